The van der Waals surface area contributed by atoms with E-state index in [9.17, 15) is 41.0 Å². The summed E-state index contributed by atoms with van der Waals surface area (Å²) < 4.78 is 92.9. The number of nitrogens with one attached hydrogen (secondary N) is 1. The Kier molecular flexibility index (Phi) is 10.9. The Morgan fingerprint density at radius 2 is 1.71 bits per heavy atom. The highest BCUT2D eigenvalue weighted by Gasteiger charge is 2.39. The molecule has 1 aliphatic rings. The molecule has 2 aromatic heterocycles. The topological polar surface area (TPSA) is 153 Å². The number of fused-ring (bicyclic) bond motifs is 1. The normalized spacial score (nSPS) is 16.3. The van der Waals surface area contributed by atoms with E-state index in [1.54, 1.807) is 19.1 Å². The summed E-state index contributed by atoms with van der Waals surface area (Å²) in [6.45, 7) is 3.64. The molecule has 0 unspecified atom stereocenters. The van der Waals surface area contributed by atoms with Gasteiger partial charge in [-0.3, -0.25) is 9.69 Å². The van der Waals surface area contributed by atoms with Crippen molar-refractivity contribution in [3.63, 3.8) is 0 Å². The number of carboxylic acids is 1. The molecular formula is C31H34F6N6O5. The molecule has 4 N–H and O–H groups in total. The number of anilines is 3. The highest BCUT2D eigenvalue weighted by atomic mass is 19.4. The number of nitrogen functional groups attached to an aromatic ring is 1. The number of rotatable bonds is 11. The Morgan fingerprint density at radius 1 is 1.04 bits per heavy atom. The molecular weight excluding hydrogens is 650 g/mol. The third kappa shape index (κ3) is 8.36. The number of methoxy groups -OCH3 is 1. The quantitative estimate of drug-likeness (QED) is 0.184. The molecule has 17 heteroatoms. The van der Waals surface area contributed by atoms with E-state index < -0.39 is 54.0 Å². The smallest absolute Gasteiger partial charge is 0.416 e. The first kappa shape index (κ1) is 36.0. The summed E-state index contributed by atoms with van der Waals surface area (Å²) in [5.41, 5.74) is 3.70. The first-order chi connectivity index (χ1) is 22.5. The minimum Gasteiger partial charge on any atom is -0.481 e. The second kappa shape index (κ2) is 14.5. The third-order valence-corrected chi connectivity index (χ3v) is 7.74. The number of pyridine rings is 1. The van der Waals surface area contributed by atoms with Crippen molar-refractivity contribution in [1.82, 2.24) is 15.0 Å². The zero-order valence-electron chi connectivity index (χ0n) is 26.2. The number of aliphatic carboxylic acids is 1. The summed E-state index contributed by atoms with van der Waals surface area (Å²) in [6.07, 6.45) is -10.8. The monoisotopic (exact) mass is 684 g/mol. The number of nitrogens with two attached hydrogens (primary N) is 1. The molecule has 260 valence electrons. The minimum absolute atomic E-state index is 0.00111. The van der Waals surface area contributed by atoms with E-state index in [1.165, 1.54) is 12.0 Å². The predicted molar refractivity (Wildman–Crippen MR) is 162 cm³/mol. The molecule has 0 saturated carbocycles. The first-order valence-electron chi connectivity index (χ1n) is 15.0. The van der Waals surface area contributed by atoms with Crippen molar-refractivity contribution >= 4 is 29.5 Å². The fourth-order valence-electron chi connectivity index (χ4n) is 5.58. The van der Waals surface area contributed by atoms with Crippen LogP contribution < -0.4 is 20.7 Å². The number of hydrogen-bond donors (Lipinski definition) is 3. The van der Waals surface area contributed by atoms with Crippen LogP contribution >= 0.6 is 0 Å². The van der Waals surface area contributed by atoms with Crippen molar-refractivity contribution in [2.75, 3.05) is 29.7 Å². The van der Waals surface area contributed by atoms with Gasteiger partial charge in [0.05, 0.1) is 48.0 Å². The summed E-state index contributed by atoms with van der Waals surface area (Å²) >= 11 is 0. The van der Waals surface area contributed by atoms with Crippen molar-refractivity contribution in [1.29, 1.82) is 0 Å². The lowest BCUT2D eigenvalue weighted by atomic mass is 9.92. The maximum atomic E-state index is 13.7. The summed E-state index contributed by atoms with van der Waals surface area (Å²) in [5.74, 6) is -1.17. The number of aromatic nitrogens is 3. The number of halogens is 6. The SMILES string of the molecule is CCOC(=O)N1c2ccc(OC)nc2[C@@H](Nc2nc(N)nc(CCCC(=O)O)c2Cc2cc(C(F)(F)F)cc(C(F)(F)F)c2)C[C@H]1CC. The molecule has 1 aromatic carbocycles. The number of nitrogens with zero attached hydrogens (tertiary/aromatic N) is 4. The Balaban J connectivity index is 1.87. The van der Waals surface area contributed by atoms with Gasteiger partial charge in [-0.2, -0.15) is 31.3 Å². The average Bonchev–Trinajstić information content (AvgIpc) is 3.01. The number of carbonyl (C=O) groups excluding carboxylic acids is 1. The second-order valence-corrected chi connectivity index (χ2v) is 11.0. The van der Waals surface area contributed by atoms with E-state index in [2.05, 4.69) is 20.3 Å². The van der Waals surface area contributed by atoms with Crippen LogP contribution in [-0.4, -0.2) is 51.9 Å². The van der Waals surface area contributed by atoms with Crippen molar-refractivity contribution < 1.29 is 50.5 Å². The van der Waals surface area contributed by atoms with Gasteiger partial charge >= 0.3 is 24.4 Å². The average molecular weight is 685 g/mol. The maximum absolute atomic E-state index is 13.7. The van der Waals surface area contributed by atoms with Gasteiger partial charge in [0.25, 0.3) is 0 Å². The van der Waals surface area contributed by atoms with Crippen molar-refractivity contribution in [2.24, 2.45) is 0 Å². The van der Waals surface area contributed by atoms with Gasteiger partial charge in [-0.25, -0.2) is 14.8 Å². The van der Waals surface area contributed by atoms with Gasteiger partial charge in [0.1, 0.15) is 5.82 Å². The highest BCUT2D eigenvalue weighted by molar-refractivity contribution is 5.90. The molecule has 11 nitrogen and oxygen atoms in total. The van der Waals surface area contributed by atoms with Gasteiger partial charge in [-0.05, 0) is 62.4 Å². The van der Waals surface area contributed by atoms with Gasteiger partial charge in [-0.1, -0.05) is 6.92 Å². The molecule has 0 aliphatic carbocycles. The van der Waals surface area contributed by atoms with Crippen molar-refractivity contribution in [3.05, 3.63) is 64.0 Å². The standard InChI is InChI=1S/C31H34F6N6O5/c1-4-19-15-22(26-23(9-10-24(41-26)47-3)43(19)29(46)48-5-2)39-27-20(21(40-28(38)42-27)7-6-8-25(44)45)13-16-11-17(30(32,33)34)14-18(12-16)31(35,36)37/h9-12,14,19,22H,4-8,13,15H2,1-3H3,(H,44,45)(H3,38,39,40,42)/t19-,22+/m1/s1. The molecule has 3 aromatic rings. The number of aryl methyl sites for hydroxylation is 1. The first-order valence-corrected chi connectivity index (χ1v) is 15.0. The van der Waals surface area contributed by atoms with Crippen molar-refractivity contribution in [3.8, 4) is 5.88 Å². The number of carboxylic acid groups (broad SMARTS) is 1. The molecule has 2 atom stereocenters. The molecule has 1 amide bonds. The van der Waals surface area contributed by atoms with E-state index in [4.69, 9.17) is 15.2 Å². The number of alkyl halides is 6. The number of amides is 1. The number of carbonyl (C=O) groups is 2. The van der Waals surface area contributed by atoms with E-state index >= 15 is 0 Å². The van der Waals surface area contributed by atoms with Crippen LogP contribution in [0.25, 0.3) is 0 Å². The zero-order chi connectivity index (χ0) is 35.4. The van der Waals surface area contributed by atoms with Gasteiger partial charge in [0.15, 0.2) is 0 Å². The largest absolute Gasteiger partial charge is 0.481 e. The number of benzene rings is 1. The lowest BCUT2D eigenvalue weighted by Gasteiger charge is -2.39. The summed E-state index contributed by atoms with van der Waals surface area (Å²) in [7, 11) is 1.40. The Labute approximate surface area is 271 Å². The molecule has 4 rings (SSSR count). The molecule has 0 bridgehead atoms. The van der Waals surface area contributed by atoms with Crippen LogP contribution in [0.3, 0.4) is 0 Å². The lowest BCUT2D eigenvalue weighted by Crippen LogP contribution is -2.46. The van der Waals surface area contributed by atoms with Crippen LogP contribution in [0, 0.1) is 0 Å². The molecule has 1 aliphatic heterocycles. The second-order valence-electron chi connectivity index (χ2n) is 11.0. The number of hydrogen-bond acceptors (Lipinski definition) is 9. The van der Waals surface area contributed by atoms with Gasteiger partial charge in [0.2, 0.25) is 11.8 Å². The zero-order valence-corrected chi connectivity index (χ0v) is 26.2. The molecule has 0 spiro atoms. The summed E-state index contributed by atoms with van der Waals surface area (Å²) in [4.78, 5) is 38.8. The Morgan fingerprint density at radius 3 is 2.27 bits per heavy atom. The van der Waals surface area contributed by atoms with Gasteiger partial charge in [0, 0.05) is 30.5 Å². The van der Waals surface area contributed by atoms with Crippen LogP contribution in [0.1, 0.15) is 79.2 Å². The van der Waals surface area contributed by atoms with Crippen LogP contribution in [0.2, 0.25) is 0 Å². The molecule has 0 radical (unpaired) electrons. The Hall–Kier alpha value is -4.83. The maximum Gasteiger partial charge on any atom is 0.416 e. The molecule has 0 fully saturated rings. The fraction of sp³-hybridized carbons (Fsp3) is 0.452. The molecule has 48 heavy (non-hydrogen) atoms. The Bertz CT molecular complexity index is 1620. The fourth-order valence-corrected chi connectivity index (χ4v) is 5.58. The van der Waals surface area contributed by atoms with E-state index in [1.807, 2.05) is 6.92 Å². The summed E-state index contributed by atoms with van der Waals surface area (Å²) in [5, 5.41) is 12.4. The van der Waals surface area contributed by atoms with Crippen molar-refractivity contribution in [2.45, 2.75) is 76.8 Å². The summed E-state index contributed by atoms with van der Waals surface area (Å²) in [6, 6.07) is 3.32. The van der Waals surface area contributed by atoms with Crippen LogP contribution in [0.15, 0.2) is 30.3 Å². The van der Waals surface area contributed by atoms with E-state index in [0.29, 0.717) is 29.9 Å². The third-order valence-electron chi connectivity index (χ3n) is 7.74. The number of ether oxygens (including phenoxy) is 2. The lowest BCUT2D eigenvalue weighted by molar-refractivity contribution is -0.143. The van der Waals surface area contributed by atoms with E-state index in [0.717, 1.165) is 0 Å². The minimum atomic E-state index is -5.07. The predicted octanol–water partition coefficient (Wildman–Crippen LogP) is 6.80. The van der Waals surface area contributed by atoms with Gasteiger partial charge in [-0.15, -0.1) is 0 Å². The van der Waals surface area contributed by atoms with Crippen LogP contribution in [-0.2, 0) is 34.7 Å². The van der Waals surface area contributed by atoms with Gasteiger partial charge < -0.3 is 25.6 Å². The molecule has 3 heterocycles. The van der Waals surface area contributed by atoms with E-state index in [-0.39, 0.29) is 72.8 Å². The highest BCUT2D eigenvalue weighted by Crippen LogP contribution is 2.42. The van der Waals surface area contributed by atoms with Crippen LogP contribution in [0.5, 0.6) is 5.88 Å². The molecule has 0 saturated heterocycles. The van der Waals surface area contributed by atoms with Crippen LogP contribution in [0.4, 0.5) is 48.6 Å².